The van der Waals surface area contributed by atoms with E-state index in [1.54, 1.807) is 24.3 Å². The predicted molar refractivity (Wildman–Crippen MR) is 73.8 cm³/mol. The second kappa shape index (κ2) is 4.86. The maximum Gasteiger partial charge on any atom is 0.221 e. The lowest BCUT2D eigenvalue weighted by molar-refractivity contribution is 0.457. The lowest BCUT2D eigenvalue weighted by atomic mass is 10.1. The van der Waals surface area contributed by atoms with Crippen molar-refractivity contribution in [2.75, 3.05) is 11.5 Å². The van der Waals surface area contributed by atoms with Gasteiger partial charge in [0.1, 0.15) is 5.75 Å². The van der Waals surface area contributed by atoms with Crippen molar-refractivity contribution in [3.05, 3.63) is 41.0 Å². The lowest BCUT2D eigenvalue weighted by Gasteiger charge is -2.12. The van der Waals surface area contributed by atoms with Crippen molar-refractivity contribution in [2.45, 2.75) is 13.8 Å². The summed E-state index contributed by atoms with van der Waals surface area (Å²) in [5.41, 5.74) is 14.0. The smallest absolute Gasteiger partial charge is 0.221 e. The minimum atomic E-state index is 0.237. The van der Waals surface area contributed by atoms with Gasteiger partial charge in [0.15, 0.2) is 5.82 Å². The fraction of sp³-hybridized carbons (Fsp3) is 0.143. The van der Waals surface area contributed by atoms with Crippen LogP contribution in [0.4, 0.5) is 11.5 Å². The topological polar surface area (TPSA) is 97.9 Å². The highest BCUT2D eigenvalue weighted by molar-refractivity contribution is 5.59. The molecule has 0 spiro atoms. The van der Waals surface area contributed by atoms with Gasteiger partial charge in [-0.1, -0.05) is 0 Å². The molecule has 2 rings (SSSR count). The first-order valence-electron chi connectivity index (χ1n) is 5.72. The first-order valence-corrected chi connectivity index (χ1v) is 5.72. The Bertz CT molecular complexity index is 651. The number of aromatic nitrogens is 1. The Kier molecular flexibility index (Phi) is 3.25. The van der Waals surface area contributed by atoms with Gasteiger partial charge in [-0.2, -0.15) is 10.2 Å². The van der Waals surface area contributed by atoms with Gasteiger partial charge in [0.05, 0.1) is 17.3 Å². The zero-order chi connectivity index (χ0) is 14.0. The Hall–Kier alpha value is -2.74. The van der Waals surface area contributed by atoms with Crippen LogP contribution in [0.15, 0.2) is 24.3 Å². The Labute approximate surface area is 111 Å². The molecule has 0 aliphatic heterocycles. The van der Waals surface area contributed by atoms with Crippen molar-refractivity contribution in [2.24, 2.45) is 0 Å². The van der Waals surface area contributed by atoms with Crippen LogP contribution < -0.4 is 16.2 Å². The van der Waals surface area contributed by atoms with Crippen LogP contribution >= 0.6 is 0 Å². The van der Waals surface area contributed by atoms with E-state index in [4.69, 9.17) is 21.5 Å². The molecule has 5 nitrogen and oxygen atoms in total. The summed E-state index contributed by atoms with van der Waals surface area (Å²) in [7, 11) is 0. The van der Waals surface area contributed by atoms with Crippen LogP contribution in [0.25, 0.3) is 0 Å². The number of hydrogen-bond donors (Lipinski definition) is 2. The molecule has 0 fully saturated rings. The quantitative estimate of drug-likeness (QED) is 0.858. The van der Waals surface area contributed by atoms with Crippen LogP contribution in [0.3, 0.4) is 0 Å². The standard InChI is InChI=1S/C14H14N4O/c1-8-5-10(7-15)6-9(2)13(8)19-12-4-3-11(16)14(17)18-12/h3-6H,16H2,1-2H3,(H2,17,18). The van der Waals surface area contributed by atoms with E-state index < -0.39 is 0 Å². The summed E-state index contributed by atoms with van der Waals surface area (Å²) in [4.78, 5) is 4.06. The normalized spacial score (nSPS) is 9.95. The first kappa shape index (κ1) is 12.7. The molecule has 2 aromatic rings. The van der Waals surface area contributed by atoms with E-state index in [-0.39, 0.29) is 5.82 Å². The average Bonchev–Trinajstić information content (AvgIpc) is 2.37. The molecule has 1 aromatic carbocycles. The number of anilines is 2. The maximum absolute atomic E-state index is 8.90. The summed E-state index contributed by atoms with van der Waals surface area (Å²) < 4.78 is 5.72. The monoisotopic (exact) mass is 254 g/mol. The number of nitrogen functional groups attached to an aromatic ring is 2. The van der Waals surface area contributed by atoms with Crippen LogP contribution in [0.1, 0.15) is 16.7 Å². The molecule has 0 radical (unpaired) electrons. The fourth-order valence-electron chi connectivity index (χ4n) is 1.80. The molecule has 96 valence electrons. The summed E-state index contributed by atoms with van der Waals surface area (Å²) in [5.74, 6) is 1.29. The second-order valence-electron chi connectivity index (χ2n) is 4.28. The van der Waals surface area contributed by atoms with Crippen molar-refractivity contribution in [1.29, 1.82) is 5.26 Å². The van der Waals surface area contributed by atoms with Gasteiger partial charge in [-0.25, -0.2) is 0 Å². The molecule has 4 N–H and O–H groups in total. The van der Waals surface area contributed by atoms with Crippen LogP contribution in [-0.2, 0) is 0 Å². The molecule has 0 amide bonds. The highest BCUT2D eigenvalue weighted by atomic mass is 16.5. The summed E-state index contributed by atoms with van der Waals surface area (Å²) in [5, 5.41) is 8.90. The fourth-order valence-corrected chi connectivity index (χ4v) is 1.80. The number of hydrogen-bond acceptors (Lipinski definition) is 5. The number of aryl methyl sites for hydroxylation is 2. The number of nitrogens with two attached hydrogens (primary N) is 2. The minimum Gasteiger partial charge on any atom is -0.438 e. The van der Waals surface area contributed by atoms with Gasteiger partial charge >= 0.3 is 0 Å². The molecule has 0 unspecified atom stereocenters. The predicted octanol–water partition coefficient (Wildman–Crippen LogP) is 2.53. The third-order valence-electron chi connectivity index (χ3n) is 2.73. The second-order valence-corrected chi connectivity index (χ2v) is 4.28. The van der Waals surface area contributed by atoms with E-state index in [1.165, 1.54) is 0 Å². The van der Waals surface area contributed by atoms with E-state index in [9.17, 15) is 0 Å². The number of ether oxygens (including phenoxy) is 1. The van der Waals surface area contributed by atoms with E-state index in [1.807, 2.05) is 13.8 Å². The van der Waals surface area contributed by atoms with Crippen LogP contribution in [-0.4, -0.2) is 4.98 Å². The minimum absolute atomic E-state index is 0.237. The van der Waals surface area contributed by atoms with Crippen molar-refractivity contribution in [1.82, 2.24) is 4.98 Å². The van der Waals surface area contributed by atoms with Crippen LogP contribution in [0, 0.1) is 25.2 Å². The van der Waals surface area contributed by atoms with Gasteiger partial charge in [0.25, 0.3) is 0 Å². The molecule has 1 heterocycles. The van der Waals surface area contributed by atoms with Gasteiger partial charge in [0.2, 0.25) is 5.88 Å². The van der Waals surface area contributed by atoms with Crippen molar-refractivity contribution in [3.8, 4) is 17.7 Å². The molecular weight excluding hydrogens is 240 g/mol. The third-order valence-corrected chi connectivity index (χ3v) is 2.73. The largest absolute Gasteiger partial charge is 0.438 e. The molecule has 19 heavy (non-hydrogen) atoms. The summed E-state index contributed by atoms with van der Waals surface area (Å²) in [6.07, 6.45) is 0. The van der Waals surface area contributed by atoms with Gasteiger partial charge in [-0.15, -0.1) is 0 Å². The third kappa shape index (κ3) is 2.58. The maximum atomic E-state index is 8.90. The summed E-state index contributed by atoms with van der Waals surface area (Å²) >= 11 is 0. The Morgan fingerprint density at radius 2 is 1.79 bits per heavy atom. The number of pyridine rings is 1. The van der Waals surface area contributed by atoms with E-state index in [2.05, 4.69) is 11.1 Å². The van der Waals surface area contributed by atoms with Gasteiger partial charge in [0, 0.05) is 6.07 Å². The highest BCUT2D eigenvalue weighted by Gasteiger charge is 2.09. The first-order chi connectivity index (χ1) is 9.01. The molecule has 0 bridgehead atoms. The molecule has 5 heteroatoms. The summed E-state index contributed by atoms with van der Waals surface area (Å²) in [6, 6.07) is 8.94. The van der Waals surface area contributed by atoms with Gasteiger partial charge < -0.3 is 16.2 Å². The van der Waals surface area contributed by atoms with E-state index in [0.717, 1.165) is 11.1 Å². The van der Waals surface area contributed by atoms with E-state index in [0.29, 0.717) is 22.9 Å². The molecular formula is C14H14N4O. The molecule has 0 aliphatic carbocycles. The number of rotatable bonds is 2. The Morgan fingerprint density at radius 1 is 1.16 bits per heavy atom. The lowest BCUT2D eigenvalue weighted by Crippen LogP contribution is -2.00. The van der Waals surface area contributed by atoms with Gasteiger partial charge in [-0.05, 0) is 43.2 Å². The molecule has 0 saturated carbocycles. The van der Waals surface area contributed by atoms with Crippen LogP contribution in [0.5, 0.6) is 11.6 Å². The number of nitrogens with zero attached hydrogens (tertiary/aromatic N) is 2. The molecule has 0 atom stereocenters. The SMILES string of the molecule is Cc1cc(C#N)cc(C)c1Oc1ccc(N)c(N)n1. The number of nitriles is 1. The van der Waals surface area contributed by atoms with Crippen LogP contribution in [0.2, 0.25) is 0 Å². The molecule has 0 saturated heterocycles. The Morgan fingerprint density at radius 3 is 2.32 bits per heavy atom. The summed E-state index contributed by atoms with van der Waals surface area (Å²) in [6.45, 7) is 3.76. The highest BCUT2D eigenvalue weighted by Crippen LogP contribution is 2.29. The van der Waals surface area contributed by atoms with Gasteiger partial charge in [-0.3, -0.25) is 0 Å². The van der Waals surface area contributed by atoms with E-state index >= 15 is 0 Å². The van der Waals surface area contributed by atoms with Crippen molar-refractivity contribution in [3.63, 3.8) is 0 Å². The average molecular weight is 254 g/mol. The Balaban J connectivity index is 2.38. The zero-order valence-electron chi connectivity index (χ0n) is 10.8. The van der Waals surface area contributed by atoms with Crippen molar-refractivity contribution < 1.29 is 4.74 Å². The zero-order valence-corrected chi connectivity index (χ0v) is 10.8. The molecule has 0 aliphatic rings. The van der Waals surface area contributed by atoms with Crippen molar-refractivity contribution >= 4 is 11.5 Å². The number of benzene rings is 1. The molecule has 1 aromatic heterocycles.